The monoisotopic (exact) mass is 304 g/mol. The smallest absolute Gasteiger partial charge is 0.339 e. The van der Waals surface area contributed by atoms with Crippen LogP contribution < -0.4 is 0 Å². The van der Waals surface area contributed by atoms with Crippen LogP contribution in [0.2, 0.25) is 0 Å². The number of rotatable bonds is 5. The highest BCUT2D eigenvalue weighted by Gasteiger charge is 2.29. The Balaban J connectivity index is 1.70. The van der Waals surface area contributed by atoms with E-state index in [1.807, 2.05) is 0 Å². The molecular formula is C15H16N2O5. The molecule has 2 heterocycles. The van der Waals surface area contributed by atoms with E-state index in [0.717, 1.165) is 18.5 Å². The van der Waals surface area contributed by atoms with Gasteiger partial charge >= 0.3 is 5.97 Å². The molecule has 1 saturated carbocycles. The molecular weight excluding hydrogens is 288 g/mol. The Bertz CT molecular complexity index is 726. The van der Waals surface area contributed by atoms with Crippen molar-refractivity contribution in [3.63, 3.8) is 0 Å². The van der Waals surface area contributed by atoms with Gasteiger partial charge in [0.1, 0.15) is 17.1 Å². The lowest BCUT2D eigenvalue weighted by atomic mass is 10.2. The van der Waals surface area contributed by atoms with Gasteiger partial charge in [-0.3, -0.25) is 4.79 Å². The number of carboxylic acids is 1. The molecule has 0 saturated heterocycles. The van der Waals surface area contributed by atoms with Crippen molar-refractivity contribution in [3.8, 4) is 0 Å². The first-order valence-electron chi connectivity index (χ1n) is 7.00. The zero-order chi connectivity index (χ0) is 15.9. The lowest BCUT2D eigenvalue weighted by Crippen LogP contribution is -2.25. The van der Waals surface area contributed by atoms with E-state index in [1.54, 1.807) is 20.0 Å². The van der Waals surface area contributed by atoms with Crippen LogP contribution in [0.4, 0.5) is 0 Å². The highest BCUT2D eigenvalue weighted by atomic mass is 16.5. The molecule has 1 amide bonds. The second kappa shape index (κ2) is 5.32. The third kappa shape index (κ3) is 2.74. The number of aromatic nitrogens is 1. The van der Waals surface area contributed by atoms with Crippen LogP contribution in [-0.4, -0.2) is 34.1 Å². The molecule has 3 rings (SSSR count). The zero-order valence-corrected chi connectivity index (χ0v) is 12.3. The quantitative estimate of drug-likeness (QED) is 0.911. The van der Waals surface area contributed by atoms with E-state index in [9.17, 15) is 9.59 Å². The first-order valence-corrected chi connectivity index (χ1v) is 7.00. The number of carbonyl (C=O) groups excluding carboxylic acids is 1. The number of carboxylic acid groups (broad SMARTS) is 1. The summed E-state index contributed by atoms with van der Waals surface area (Å²) in [5.74, 6) is -0.0320. The Labute approximate surface area is 126 Å². The van der Waals surface area contributed by atoms with Gasteiger partial charge in [0.05, 0.1) is 12.2 Å². The summed E-state index contributed by atoms with van der Waals surface area (Å²) in [6.45, 7) is 1.74. The molecule has 0 bridgehead atoms. The van der Waals surface area contributed by atoms with Gasteiger partial charge in [-0.05, 0) is 25.8 Å². The van der Waals surface area contributed by atoms with E-state index in [0.29, 0.717) is 17.4 Å². The highest BCUT2D eigenvalue weighted by molar-refractivity contribution is 5.91. The van der Waals surface area contributed by atoms with Crippen LogP contribution in [0, 0.1) is 6.92 Å². The summed E-state index contributed by atoms with van der Waals surface area (Å²) in [6, 6.07) is 3.10. The van der Waals surface area contributed by atoms with Crippen molar-refractivity contribution in [2.24, 2.45) is 0 Å². The third-order valence-electron chi connectivity index (χ3n) is 3.67. The van der Waals surface area contributed by atoms with Gasteiger partial charge in [0, 0.05) is 19.0 Å². The van der Waals surface area contributed by atoms with Gasteiger partial charge in [-0.2, -0.15) is 0 Å². The molecule has 0 aliphatic heterocycles. The van der Waals surface area contributed by atoms with Gasteiger partial charge in [-0.25, -0.2) is 4.79 Å². The Morgan fingerprint density at radius 1 is 1.41 bits per heavy atom. The van der Waals surface area contributed by atoms with Crippen LogP contribution in [0.1, 0.15) is 56.9 Å². The SMILES string of the molecule is Cc1oc(CN(C)C(=O)c2cc(C3CC3)no2)cc1C(=O)O. The van der Waals surface area contributed by atoms with Crippen LogP contribution in [0.15, 0.2) is 21.1 Å². The summed E-state index contributed by atoms with van der Waals surface area (Å²) in [6.07, 6.45) is 2.17. The van der Waals surface area contributed by atoms with Crippen molar-refractivity contribution in [2.75, 3.05) is 7.05 Å². The van der Waals surface area contributed by atoms with Crippen LogP contribution >= 0.6 is 0 Å². The minimum atomic E-state index is -1.05. The van der Waals surface area contributed by atoms with Gasteiger partial charge in [0.25, 0.3) is 5.91 Å². The summed E-state index contributed by atoms with van der Waals surface area (Å²) in [5, 5.41) is 12.9. The molecule has 116 valence electrons. The van der Waals surface area contributed by atoms with Gasteiger partial charge in [0.15, 0.2) is 0 Å². The fourth-order valence-corrected chi connectivity index (χ4v) is 2.29. The summed E-state index contributed by atoms with van der Waals surface area (Å²) in [7, 11) is 1.60. The van der Waals surface area contributed by atoms with Crippen LogP contribution in [0.3, 0.4) is 0 Å². The average molecular weight is 304 g/mol. The van der Waals surface area contributed by atoms with Crippen LogP contribution in [0.5, 0.6) is 0 Å². The number of aromatic carboxylic acids is 1. The van der Waals surface area contributed by atoms with Crippen molar-refractivity contribution < 1.29 is 23.6 Å². The van der Waals surface area contributed by atoms with Crippen molar-refractivity contribution in [3.05, 3.63) is 40.7 Å². The number of furan rings is 1. The highest BCUT2D eigenvalue weighted by Crippen LogP contribution is 2.39. The first-order chi connectivity index (χ1) is 10.5. The van der Waals surface area contributed by atoms with Crippen LogP contribution in [0.25, 0.3) is 0 Å². The van der Waals surface area contributed by atoms with Gasteiger partial charge in [-0.1, -0.05) is 5.16 Å². The van der Waals surface area contributed by atoms with E-state index in [1.165, 1.54) is 11.0 Å². The molecule has 7 heteroatoms. The van der Waals surface area contributed by atoms with Crippen molar-refractivity contribution in [1.82, 2.24) is 10.1 Å². The summed E-state index contributed by atoms with van der Waals surface area (Å²) < 4.78 is 10.5. The van der Waals surface area contributed by atoms with Gasteiger partial charge in [0.2, 0.25) is 5.76 Å². The van der Waals surface area contributed by atoms with Crippen molar-refractivity contribution in [2.45, 2.75) is 32.2 Å². The predicted molar refractivity (Wildman–Crippen MR) is 74.7 cm³/mol. The predicted octanol–water partition coefficient (Wildman–Crippen LogP) is 2.42. The standard InChI is InChI=1S/C15H16N2O5/c1-8-11(15(19)20)5-10(21-8)7-17(2)14(18)13-6-12(16-22-13)9-3-4-9/h5-6,9H,3-4,7H2,1-2H3,(H,19,20). The molecule has 0 radical (unpaired) electrons. The Hall–Kier alpha value is -2.57. The maximum Gasteiger partial charge on any atom is 0.339 e. The Morgan fingerprint density at radius 3 is 2.73 bits per heavy atom. The molecule has 7 nitrogen and oxygen atoms in total. The summed E-state index contributed by atoms with van der Waals surface area (Å²) in [5.41, 5.74) is 0.922. The van der Waals surface area contributed by atoms with E-state index in [4.69, 9.17) is 14.0 Å². The fraction of sp³-hybridized carbons (Fsp3) is 0.400. The third-order valence-corrected chi connectivity index (χ3v) is 3.67. The normalized spacial score (nSPS) is 14.1. The molecule has 1 aliphatic rings. The molecule has 1 aliphatic carbocycles. The largest absolute Gasteiger partial charge is 0.478 e. The molecule has 0 unspecified atom stereocenters. The van der Waals surface area contributed by atoms with E-state index in [-0.39, 0.29) is 23.8 Å². The molecule has 2 aromatic rings. The lowest BCUT2D eigenvalue weighted by molar-refractivity contribution is 0.0693. The first kappa shape index (κ1) is 14.4. The molecule has 0 aromatic carbocycles. The fourth-order valence-electron chi connectivity index (χ4n) is 2.29. The minimum Gasteiger partial charge on any atom is -0.478 e. The van der Waals surface area contributed by atoms with E-state index < -0.39 is 5.97 Å². The Morgan fingerprint density at radius 2 is 2.14 bits per heavy atom. The topological polar surface area (TPSA) is 96.8 Å². The van der Waals surface area contributed by atoms with Crippen molar-refractivity contribution >= 4 is 11.9 Å². The van der Waals surface area contributed by atoms with Crippen molar-refractivity contribution in [1.29, 1.82) is 0 Å². The summed E-state index contributed by atoms with van der Waals surface area (Å²) in [4.78, 5) is 24.7. The number of amides is 1. The molecule has 1 fully saturated rings. The number of hydrogen-bond donors (Lipinski definition) is 1. The number of nitrogens with zero attached hydrogens (tertiary/aromatic N) is 2. The molecule has 0 spiro atoms. The van der Waals surface area contributed by atoms with E-state index in [2.05, 4.69) is 5.16 Å². The Kier molecular flexibility index (Phi) is 3.48. The second-order valence-electron chi connectivity index (χ2n) is 5.54. The maximum absolute atomic E-state index is 12.3. The van der Waals surface area contributed by atoms with Gasteiger partial charge < -0.3 is 18.9 Å². The zero-order valence-electron chi connectivity index (χ0n) is 12.3. The number of hydrogen-bond acceptors (Lipinski definition) is 5. The molecule has 22 heavy (non-hydrogen) atoms. The number of aryl methyl sites for hydroxylation is 1. The number of carbonyl (C=O) groups is 2. The average Bonchev–Trinajstić information content (AvgIpc) is 3.08. The summed E-state index contributed by atoms with van der Waals surface area (Å²) >= 11 is 0. The maximum atomic E-state index is 12.3. The molecule has 2 aromatic heterocycles. The molecule has 1 N–H and O–H groups in total. The van der Waals surface area contributed by atoms with E-state index >= 15 is 0 Å². The lowest BCUT2D eigenvalue weighted by Gasteiger charge is -2.13. The second-order valence-corrected chi connectivity index (χ2v) is 5.54. The molecule has 0 atom stereocenters. The van der Waals surface area contributed by atoms with Crippen LogP contribution in [-0.2, 0) is 6.54 Å². The minimum absolute atomic E-state index is 0.103. The van der Waals surface area contributed by atoms with Gasteiger partial charge in [-0.15, -0.1) is 0 Å².